The van der Waals surface area contributed by atoms with Crippen LogP contribution in [0.2, 0.25) is 0 Å². The SMILES string of the molecule is CCCNCCCS(=O)(=O)N1CCN(C2CCCC2)CC1. The molecule has 124 valence electrons. The lowest BCUT2D eigenvalue weighted by Gasteiger charge is -2.37. The van der Waals surface area contributed by atoms with Crippen molar-refractivity contribution in [2.45, 2.75) is 51.5 Å². The summed E-state index contributed by atoms with van der Waals surface area (Å²) in [6.45, 7) is 7.08. The minimum atomic E-state index is -3.05. The molecule has 1 aliphatic heterocycles. The van der Waals surface area contributed by atoms with Gasteiger partial charge < -0.3 is 5.32 Å². The third kappa shape index (κ3) is 5.20. The molecule has 0 spiro atoms. The van der Waals surface area contributed by atoms with Crippen molar-refractivity contribution in [1.29, 1.82) is 0 Å². The van der Waals surface area contributed by atoms with Crippen molar-refractivity contribution in [3.05, 3.63) is 0 Å². The van der Waals surface area contributed by atoms with E-state index >= 15 is 0 Å². The summed E-state index contributed by atoms with van der Waals surface area (Å²) in [5, 5.41) is 3.26. The highest BCUT2D eigenvalue weighted by Crippen LogP contribution is 2.24. The molecule has 1 N–H and O–H groups in total. The molecule has 0 aromatic rings. The van der Waals surface area contributed by atoms with Gasteiger partial charge >= 0.3 is 0 Å². The maximum Gasteiger partial charge on any atom is 0.214 e. The Morgan fingerprint density at radius 2 is 1.71 bits per heavy atom. The monoisotopic (exact) mass is 317 g/mol. The van der Waals surface area contributed by atoms with Gasteiger partial charge in [0.25, 0.3) is 0 Å². The number of sulfonamides is 1. The fourth-order valence-corrected chi connectivity index (χ4v) is 4.91. The number of nitrogens with one attached hydrogen (secondary N) is 1. The van der Waals surface area contributed by atoms with Crippen LogP contribution in [0.1, 0.15) is 45.4 Å². The van der Waals surface area contributed by atoms with E-state index in [1.165, 1.54) is 25.7 Å². The Morgan fingerprint density at radius 1 is 1.05 bits per heavy atom. The molecule has 0 aromatic heterocycles. The van der Waals surface area contributed by atoms with E-state index in [-0.39, 0.29) is 5.75 Å². The summed E-state index contributed by atoms with van der Waals surface area (Å²) in [6.07, 6.45) is 7.09. The molecule has 1 aliphatic carbocycles. The van der Waals surface area contributed by atoms with Crippen molar-refractivity contribution in [2.24, 2.45) is 0 Å². The van der Waals surface area contributed by atoms with Crippen LogP contribution >= 0.6 is 0 Å². The zero-order chi connectivity index (χ0) is 15.1. The molecule has 5 nitrogen and oxygen atoms in total. The normalized spacial score (nSPS) is 22.9. The van der Waals surface area contributed by atoms with Gasteiger partial charge in [0.1, 0.15) is 0 Å². The van der Waals surface area contributed by atoms with E-state index in [0.29, 0.717) is 25.6 Å². The summed E-state index contributed by atoms with van der Waals surface area (Å²) < 4.78 is 26.4. The van der Waals surface area contributed by atoms with Crippen LogP contribution in [0.5, 0.6) is 0 Å². The van der Waals surface area contributed by atoms with Crippen LogP contribution in [0.25, 0.3) is 0 Å². The fraction of sp³-hybridized carbons (Fsp3) is 1.00. The summed E-state index contributed by atoms with van der Waals surface area (Å²) in [7, 11) is -3.05. The first-order chi connectivity index (χ1) is 10.1. The molecule has 2 rings (SSSR count). The van der Waals surface area contributed by atoms with Crippen molar-refractivity contribution < 1.29 is 8.42 Å². The number of hydrogen-bond acceptors (Lipinski definition) is 4. The smallest absolute Gasteiger partial charge is 0.214 e. The number of piperazine rings is 1. The number of rotatable bonds is 8. The van der Waals surface area contributed by atoms with Crippen LogP contribution in [0.3, 0.4) is 0 Å². The topological polar surface area (TPSA) is 52.7 Å². The van der Waals surface area contributed by atoms with E-state index in [9.17, 15) is 8.42 Å². The third-order valence-electron chi connectivity index (χ3n) is 4.69. The summed E-state index contributed by atoms with van der Waals surface area (Å²) in [5.74, 6) is 0.285. The zero-order valence-electron chi connectivity index (χ0n) is 13.4. The van der Waals surface area contributed by atoms with Crippen LogP contribution in [-0.4, -0.2) is 68.7 Å². The minimum absolute atomic E-state index is 0.285. The highest BCUT2D eigenvalue weighted by molar-refractivity contribution is 7.89. The predicted molar refractivity (Wildman–Crippen MR) is 87.0 cm³/mol. The Labute approximate surface area is 130 Å². The first-order valence-corrected chi connectivity index (χ1v) is 10.2. The van der Waals surface area contributed by atoms with Crippen molar-refractivity contribution in [3.63, 3.8) is 0 Å². The van der Waals surface area contributed by atoms with E-state index < -0.39 is 10.0 Å². The molecule has 21 heavy (non-hydrogen) atoms. The number of nitrogens with zero attached hydrogens (tertiary/aromatic N) is 2. The van der Waals surface area contributed by atoms with Gasteiger partial charge in [-0.25, -0.2) is 8.42 Å². The summed E-state index contributed by atoms with van der Waals surface area (Å²) >= 11 is 0. The Bertz CT molecular complexity index is 386. The lowest BCUT2D eigenvalue weighted by molar-refractivity contribution is 0.139. The van der Waals surface area contributed by atoms with Gasteiger partial charge in [-0.05, 0) is 38.8 Å². The second-order valence-corrected chi connectivity index (χ2v) is 8.38. The van der Waals surface area contributed by atoms with Crippen molar-refractivity contribution >= 4 is 10.0 Å². The first-order valence-electron chi connectivity index (χ1n) is 8.56. The van der Waals surface area contributed by atoms with Crippen LogP contribution in [-0.2, 0) is 10.0 Å². The quantitative estimate of drug-likeness (QED) is 0.685. The maximum absolute atomic E-state index is 12.3. The van der Waals surface area contributed by atoms with E-state index in [0.717, 1.165) is 32.6 Å². The molecule has 2 fully saturated rings. The lowest BCUT2D eigenvalue weighted by Crippen LogP contribution is -2.51. The van der Waals surface area contributed by atoms with Gasteiger partial charge in [0.05, 0.1) is 5.75 Å². The minimum Gasteiger partial charge on any atom is -0.317 e. The molecule has 0 aromatic carbocycles. The Kier molecular flexibility index (Phi) is 6.92. The Hall–Kier alpha value is -0.170. The van der Waals surface area contributed by atoms with Gasteiger partial charge in [0.15, 0.2) is 0 Å². The molecular formula is C15H31N3O2S. The summed E-state index contributed by atoms with van der Waals surface area (Å²) in [5.41, 5.74) is 0. The average molecular weight is 317 g/mol. The fourth-order valence-electron chi connectivity index (χ4n) is 3.43. The summed E-state index contributed by atoms with van der Waals surface area (Å²) in [4.78, 5) is 2.50. The van der Waals surface area contributed by atoms with Crippen molar-refractivity contribution in [3.8, 4) is 0 Å². The van der Waals surface area contributed by atoms with Gasteiger partial charge in [-0.15, -0.1) is 0 Å². The van der Waals surface area contributed by atoms with E-state index in [1.54, 1.807) is 4.31 Å². The zero-order valence-corrected chi connectivity index (χ0v) is 14.2. The van der Waals surface area contributed by atoms with Crippen molar-refractivity contribution in [1.82, 2.24) is 14.5 Å². The van der Waals surface area contributed by atoms with Crippen molar-refractivity contribution in [2.75, 3.05) is 45.0 Å². The van der Waals surface area contributed by atoms with E-state index in [4.69, 9.17) is 0 Å². The molecule has 6 heteroatoms. The van der Waals surface area contributed by atoms with Gasteiger partial charge in [-0.3, -0.25) is 4.90 Å². The van der Waals surface area contributed by atoms with E-state index in [1.807, 2.05) is 0 Å². The molecule has 1 heterocycles. The van der Waals surface area contributed by atoms with Gasteiger partial charge in [0, 0.05) is 32.2 Å². The molecule has 0 unspecified atom stereocenters. The highest BCUT2D eigenvalue weighted by Gasteiger charge is 2.30. The van der Waals surface area contributed by atoms with Gasteiger partial charge in [-0.1, -0.05) is 19.8 Å². The van der Waals surface area contributed by atoms with Crippen LogP contribution in [0, 0.1) is 0 Å². The average Bonchev–Trinajstić information content (AvgIpc) is 3.01. The molecule has 1 saturated carbocycles. The second kappa shape index (κ2) is 8.46. The predicted octanol–water partition coefficient (Wildman–Crippen LogP) is 1.27. The highest BCUT2D eigenvalue weighted by atomic mass is 32.2. The lowest BCUT2D eigenvalue weighted by atomic mass is 10.2. The Morgan fingerprint density at radius 3 is 2.33 bits per heavy atom. The molecular weight excluding hydrogens is 286 g/mol. The molecule has 2 aliphatic rings. The van der Waals surface area contributed by atoms with E-state index in [2.05, 4.69) is 17.1 Å². The first kappa shape index (κ1) is 17.2. The molecule has 1 saturated heterocycles. The summed E-state index contributed by atoms with van der Waals surface area (Å²) in [6, 6.07) is 0.716. The molecule has 0 bridgehead atoms. The van der Waals surface area contributed by atoms with Crippen LogP contribution in [0.4, 0.5) is 0 Å². The van der Waals surface area contributed by atoms with Gasteiger partial charge in [-0.2, -0.15) is 4.31 Å². The number of hydrogen-bond donors (Lipinski definition) is 1. The third-order valence-corrected chi connectivity index (χ3v) is 6.65. The molecule has 0 amide bonds. The maximum atomic E-state index is 12.3. The Balaban J connectivity index is 1.69. The molecule has 0 atom stereocenters. The van der Waals surface area contributed by atoms with Crippen LogP contribution < -0.4 is 5.32 Å². The van der Waals surface area contributed by atoms with Gasteiger partial charge in [0.2, 0.25) is 10.0 Å². The molecule has 0 radical (unpaired) electrons. The second-order valence-electron chi connectivity index (χ2n) is 6.29. The van der Waals surface area contributed by atoms with Crippen LogP contribution in [0.15, 0.2) is 0 Å². The standard InChI is InChI=1S/C15H31N3O2S/c1-2-8-16-9-5-14-21(19,20)18-12-10-17(11-13-18)15-6-3-4-7-15/h15-16H,2-14H2,1H3. The largest absolute Gasteiger partial charge is 0.317 e.